The van der Waals surface area contributed by atoms with Gasteiger partial charge < -0.3 is 25.1 Å². The molecule has 3 aliphatic rings. The van der Waals surface area contributed by atoms with Crippen LogP contribution in [0.1, 0.15) is 6.92 Å². The SMILES string of the molecule is CC12COC(C(O)CN)(OC1)OC2. The van der Waals surface area contributed by atoms with Gasteiger partial charge in [0.1, 0.15) is 6.10 Å². The minimum atomic E-state index is -1.30. The van der Waals surface area contributed by atoms with Crippen molar-refractivity contribution in [3.63, 3.8) is 0 Å². The molecule has 3 fully saturated rings. The van der Waals surface area contributed by atoms with Gasteiger partial charge in [0, 0.05) is 12.0 Å². The predicted octanol–water partition coefficient (Wildman–Crippen LogP) is -0.957. The Kier molecular flexibility index (Phi) is 2.08. The molecule has 1 unspecified atom stereocenters. The fourth-order valence-electron chi connectivity index (χ4n) is 1.51. The second-order valence-corrected chi connectivity index (χ2v) is 4.03. The van der Waals surface area contributed by atoms with E-state index in [9.17, 15) is 5.11 Å². The summed E-state index contributed by atoms with van der Waals surface area (Å²) < 4.78 is 16.0. The quantitative estimate of drug-likeness (QED) is 0.585. The maximum Gasteiger partial charge on any atom is 0.311 e. The fraction of sp³-hybridized carbons (Fsp3) is 1.00. The molecule has 3 N–H and O–H groups in total. The molecule has 0 aromatic carbocycles. The molecular weight excluding hydrogens is 174 g/mol. The minimum Gasteiger partial charge on any atom is -0.383 e. The zero-order chi connectivity index (χ0) is 9.53. The van der Waals surface area contributed by atoms with E-state index < -0.39 is 12.1 Å². The first kappa shape index (κ1) is 9.36. The third-order valence-corrected chi connectivity index (χ3v) is 2.50. The number of aliphatic hydroxyl groups is 1. The van der Waals surface area contributed by atoms with Gasteiger partial charge >= 0.3 is 5.97 Å². The second-order valence-electron chi connectivity index (χ2n) is 4.03. The summed E-state index contributed by atoms with van der Waals surface area (Å²) in [5.74, 6) is -1.30. The number of rotatable bonds is 2. The zero-order valence-electron chi connectivity index (χ0n) is 7.66. The van der Waals surface area contributed by atoms with Crippen molar-refractivity contribution < 1.29 is 19.3 Å². The molecule has 0 radical (unpaired) electrons. The molecule has 0 amide bonds. The van der Waals surface area contributed by atoms with Crippen LogP contribution in [-0.2, 0) is 14.2 Å². The summed E-state index contributed by atoms with van der Waals surface area (Å²) in [6, 6.07) is 0. The molecule has 3 heterocycles. The van der Waals surface area contributed by atoms with E-state index in [-0.39, 0.29) is 12.0 Å². The van der Waals surface area contributed by atoms with Crippen LogP contribution < -0.4 is 5.73 Å². The number of nitrogens with two attached hydrogens (primary N) is 1. The van der Waals surface area contributed by atoms with Crippen LogP contribution in [0, 0.1) is 5.41 Å². The van der Waals surface area contributed by atoms with Crippen LogP contribution in [0.25, 0.3) is 0 Å². The molecule has 76 valence electrons. The Hall–Kier alpha value is -0.200. The van der Waals surface area contributed by atoms with E-state index in [1.807, 2.05) is 6.92 Å². The first-order chi connectivity index (χ1) is 6.10. The van der Waals surface area contributed by atoms with Gasteiger partial charge in [-0.15, -0.1) is 0 Å². The van der Waals surface area contributed by atoms with Gasteiger partial charge in [-0.2, -0.15) is 0 Å². The van der Waals surface area contributed by atoms with Gasteiger partial charge in [-0.3, -0.25) is 0 Å². The first-order valence-corrected chi connectivity index (χ1v) is 4.40. The van der Waals surface area contributed by atoms with Crippen molar-refractivity contribution in [3.8, 4) is 0 Å². The van der Waals surface area contributed by atoms with Gasteiger partial charge in [-0.1, -0.05) is 6.92 Å². The largest absolute Gasteiger partial charge is 0.383 e. The van der Waals surface area contributed by atoms with Gasteiger partial charge in [0.2, 0.25) is 0 Å². The Labute approximate surface area is 76.8 Å². The molecule has 0 aliphatic carbocycles. The predicted molar refractivity (Wildman–Crippen MR) is 43.8 cm³/mol. The molecule has 0 aromatic rings. The normalized spacial score (nSPS) is 46.4. The molecule has 0 spiro atoms. The first-order valence-electron chi connectivity index (χ1n) is 4.40. The molecule has 3 aliphatic heterocycles. The third kappa shape index (κ3) is 1.37. The molecule has 0 aromatic heterocycles. The van der Waals surface area contributed by atoms with Crippen molar-refractivity contribution in [2.75, 3.05) is 26.4 Å². The lowest BCUT2D eigenvalue weighted by molar-refractivity contribution is -0.487. The summed E-state index contributed by atoms with van der Waals surface area (Å²) in [4.78, 5) is 0. The second kappa shape index (κ2) is 2.90. The van der Waals surface area contributed by atoms with Gasteiger partial charge in [0.15, 0.2) is 0 Å². The molecule has 2 bridgehead atoms. The van der Waals surface area contributed by atoms with Crippen molar-refractivity contribution >= 4 is 0 Å². The van der Waals surface area contributed by atoms with Crippen molar-refractivity contribution in [2.24, 2.45) is 11.1 Å². The Morgan fingerprint density at radius 1 is 1.31 bits per heavy atom. The monoisotopic (exact) mass is 189 g/mol. The Morgan fingerprint density at radius 2 is 1.77 bits per heavy atom. The van der Waals surface area contributed by atoms with Crippen molar-refractivity contribution in [2.45, 2.75) is 19.0 Å². The smallest absolute Gasteiger partial charge is 0.311 e. The van der Waals surface area contributed by atoms with Crippen molar-refractivity contribution in [1.82, 2.24) is 0 Å². The average Bonchev–Trinajstić information content (AvgIpc) is 2.18. The lowest BCUT2D eigenvalue weighted by Crippen LogP contribution is -2.65. The van der Waals surface area contributed by atoms with Crippen LogP contribution in [-0.4, -0.2) is 43.5 Å². The molecule has 5 nitrogen and oxygen atoms in total. The van der Waals surface area contributed by atoms with E-state index in [0.717, 1.165) is 0 Å². The Balaban J connectivity index is 2.11. The molecule has 3 rings (SSSR count). The van der Waals surface area contributed by atoms with Crippen molar-refractivity contribution in [3.05, 3.63) is 0 Å². The Bertz CT molecular complexity index is 184. The standard InChI is InChI=1S/C8H15NO4/c1-7-3-11-8(12-4-7,13-5-7)6(10)2-9/h6,10H,2-5,9H2,1H3. The molecule has 3 saturated heterocycles. The number of hydrogen-bond donors (Lipinski definition) is 2. The van der Waals surface area contributed by atoms with Crippen LogP contribution in [0.2, 0.25) is 0 Å². The number of ether oxygens (including phenoxy) is 3. The topological polar surface area (TPSA) is 73.9 Å². The molecule has 0 saturated carbocycles. The lowest BCUT2D eigenvalue weighted by atomic mass is 9.91. The number of fused-ring (bicyclic) bond motifs is 3. The highest BCUT2D eigenvalue weighted by molar-refractivity contribution is 4.88. The maximum atomic E-state index is 9.54. The van der Waals surface area contributed by atoms with Gasteiger partial charge in [0.05, 0.1) is 19.8 Å². The van der Waals surface area contributed by atoms with E-state index in [1.54, 1.807) is 0 Å². The fourth-order valence-corrected chi connectivity index (χ4v) is 1.51. The van der Waals surface area contributed by atoms with Crippen LogP contribution in [0.4, 0.5) is 0 Å². The van der Waals surface area contributed by atoms with Gasteiger partial charge in [-0.25, -0.2) is 0 Å². The summed E-state index contributed by atoms with van der Waals surface area (Å²) in [5.41, 5.74) is 5.25. The summed E-state index contributed by atoms with van der Waals surface area (Å²) in [5, 5.41) is 9.54. The third-order valence-electron chi connectivity index (χ3n) is 2.50. The van der Waals surface area contributed by atoms with E-state index in [0.29, 0.717) is 19.8 Å². The average molecular weight is 189 g/mol. The molecule has 5 heteroatoms. The summed E-state index contributed by atoms with van der Waals surface area (Å²) in [6.45, 7) is 3.72. The highest BCUT2D eigenvalue weighted by Crippen LogP contribution is 2.39. The summed E-state index contributed by atoms with van der Waals surface area (Å²) in [7, 11) is 0. The summed E-state index contributed by atoms with van der Waals surface area (Å²) in [6.07, 6.45) is -0.919. The maximum absolute atomic E-state index is 9.54. The van der Waals surface area contributed by atoms with E-state index in [1.165, 1.54) is 0 Å². The van der Waals surface area contributed by atoms with Crippen LogP contribution in [0.15, 0.2) is 0 Å². The number of hydrogen-bond acceptors (Lipinski definition) is 5. The Morgan fingerprint density at radius 3 is 2.15 bits per heavy atom. The van der Waals surface area contributed by atoms with Crippen LogP contribution >= 0.6 is 0 Å². The highest BCUT2D eigenvalue weighted by atomic mass is 16.9. The zero-order valence-corrected chi connectivity index (χ0v) is 7.66. The number of aliphatic hydroxyl groups excluding tert-OH is 1. The van der Waals surface area contributed by atoms with Gasteiger partial charge in [0.25, 0.3) is 0 Å². The van der Waals surface area contributed by atoms with Crippen molar-refractivity contribution in [1.29, 1.82) is 0 Å². The van der Waals surface area contributed by atoms with E-state index in [4.69, 9.17) is 19.9 Å². The molecular formula is C8H15NO4. The summed E-state index contributed by atoms with van der Waals surface area (Å²) >= 11 is 0. The van der Waals surface area contributed by atoms with Crippen LogP contribution in [0.5, 0.6) is 0 Å². The van der Waals surface area contributed by atoms with E-state index >= 15 is 0 Å². The van der Waals surface area contributed by atoms with Crippen LogP contribution in [0.3, 0.4) is 0 Å². The van der Waals surface area contributed by atoms with Gasteiger partial charge in [-0.05, 0) is 0 Å². The molecule has 1 atom stereocenters. The minimum absolute atomic E-state index is 0.0662. The van der Waals surface area contributed by atoms with E-state index in [2.05, 4.69) is 0 Å². The lowest BCUT2D eigenvalue weighted by Gasteiger charge is -2.51. The molecule has 13 heavy (non-hydrogen) atoms. The highest BCUT2D eigenvalue weighted by Gasteiger charge is 2.54.